The molecule has 0 spiro atoms. The number of aromatic hydroxyl groups is 3. The molecule has 0 radical (unpaired) electrons. The molecule has 3 N–H and O–H groups in total. The molecule has 0 aromatic heterocycles. The zero-order valence-electron chi connectivity index (χ0n) is 16.2. The van der Waals surface area contributed by atoms with Crippen molar-refractivity contribution in [1.29, 1.82) is 0 Å². The molecular weight excluding hydrogens is 312 g/mol. The third-order valence-electron chi connectivity index (χ3n) is 4.36. The molecule has 0 bridgehead atoms. The van der Waals surface area contributed by atoms with Crippen LogP contribution in [0, 0.1) is 6.92 Å². The first-order chi connectivity index (χ1) is 11.7. The summed E-state index contributed by atoms with van der Waals surface area (Å²) in [6, 6.07) is 1.48. The van der Waals surface area contributed by atoms with Crippen molar-refractivity contribution in [2.75, 3.05) is 0 Å². The fourth-order valence-corrected chi connectivity index (χ4v) is 2.68. The van der Waals surface area contributed by atoms with Crippen LogP contribution in [0.4, 0.5) is 0 Å². The van der Waals surface area contributed by atoms with Crippen LogP contribution >= 0.6 is 0 Å². The molecular formula is C22H32O3. The highest BCUT2D eigenvalue weighted by atomic mass is 16.3. The molecule has 0 saturated heterocycles. The molecule has 1 aromatic carbocycles. The summed E-state index contributed by atoms with van der Waals surface area (Å²) >= 11 is 0. The van der Waals surface area contributed by atoms with E-state index in [0.717, 1.165) is 31.2 Å². The highest BCUT2D eigenvalue weighted by molar-refractivity contribution is 5.57. The first-order valence-corrected chi connectivity index (χ1v) is 8.90. The maximum absolute atomic E-state index is 9.99. The van der Waals surface area contributed by atoms with Gasteiger partial charge in [-0.25, -0.2) is 0 Å². The summed E-state index contributed by atoms with van der Waals surface area (Å²) < 4.78 is 0. The highest BCUT2D eigenvalue weighted by Gasteiger charge is 2.13. The summed E-state index contributed by atoms with van der Waals surface area (Å²) in [5, 5.41) is 29.1. The number of allylic oxidation sites excluding steroid dienone is 6. The lowest BCUT2D eigenvalue weighted by Gasteiger charge is -2.10. The Morgan fingerprint density at radius 3 is 2.00 bits per heavy atom. The summed E-state index contributed by atoms with van der Waals surface area (Å²) in [5.74, 6) is -0.952. The molecule has 0 saturated carbocycles. The third kappa shape index (κ3) is 7.08. The van der Waals surface area contributed by atoms with E-state index in [1.165, 1.54) is 22.8 Å². The van der Waals surface area contributed by atoms with Crippen molar-refractivity contribution in [1.82, 2.24) is 0 Å². The van der Waals surface area contributed by atoms with Crippen LogP contribution in [0.5, 0.6) is 17.2 Å². The van der Waals surface area contributed by atoms with Crippen molar-refractivity contribution in [3.63, 3.8) is 0 Å². The molecule has 3 nitrogen and oxygen atoms in total. The molecule has 0 amide bonds. The van der Waals surface area contributed by atoms with Gasteiger partial charge in [0, 0.05) is 5.56 Å². The monoisotopic (exact) mass is 344 g/mol. The van der Waals surface area contributed by atoms with Crippen LogP contribution in [0.2, 0.25) is 0 Å². The summed E-state index contributed by atoms with van der Waals surface area (Å²) in [7, 11) is 0. The second-order valence-corrected chi connectivity index (χ2v) is 7.05. The number of rotatable bonds is 8. The molecule has 0 unspecified atom stereocenters. The highest BCUT2D eigenvalue weighted by Crippen LogP contribution is 2.39. The SMILES string of the molecule is CC(C)=CCC/C(C)=C/CC/C(C)=C/Cc1c(C)cc(O)c(O)c1O. The minimum atomic E-state index is -0.443. The number of benzene rings is 1. The fraction of sp³-hybridized carbons (Fsp3) is 0.455. The zero-order valence-corrected chi connectivity index (χ0v) is 16.2. The van der Waals surface area contributed by atoms with Gasteiger partial charge in [-0.3, -0.25) is 0 Å². The topological polar surface area (TPSA) is 60.7 Å². The van der Waals surface area contributed by atoms with Crippen LogP contribution in [-0.4, -0.2) is 15.3 Å². The molecule has 0 aliphatic heterocycles. The predicted molar refractivity (Wildman–Crippen MR) is 105 cm³/mol. The Hall–Kier alpha value is -2.16. The van der Waals surface area contributed by atoms with Crippen LogP contribution in [0.1, 0.15) is 64.5 Å². The quantitative estimate of drug-likeness (QED) is 0.396. The minimum Gasteiger partial charge on any atom is -0.504 e. The van der Waals surface area contributed by atoms with Gasteiger partial charge in [-0.05, 0) is 78.4 Å². The molecule has 3 heteroatoms. The van der Waals surface area contributed by atoms with Gasteiger partial charge in [0.2, 0.25) is 5.75 Å². The third-order valence-corrected chi connectivity index (χ3v) is 4.36. The maximum atomic E-state index is 9.99. The Balaban J connectivity index is 2.58. The van der Waals surface area contributed by atoms with Gasteiger partial charge in [0.25, 0.3) is 0 Å². The number of hydrogen-bond acceptors (Lipinski definition) is 3. The summed E-state index contributed by atoms with van der Waals surface area (Å²) in [5.41, 5.74) is 5.46. The second-order valence-electron chi connectivity index (χ2n) is 7.05. The predicted octanol–water partition coefficient (Wildman–Crippen LogP) is 6.07. The molecule has 1 rings (SSSR count). The smallest absolute Gasteiger partial charge is 0.200 e. The van der Waals surface area contributed by atoms with Gasteiger partial charge >= 0.3 is 0 Å². The van der Waals surface area contributed by atoms with Crippen LogP contribution in [0.3, 0.4) is 0 Å². The molecule has 138 valence electrons. The van der Waals surface area contributed by atoms with E-state index < -0.39 is 5.75 Å². The molecule has 0 aliphatic rings. The molecule has 0 heterocycles. The number of aryl methyl sites for hydroxylation is 1. The largest absolute Gasteiger partial charge is 0.504 e. The van der Waals surface area contributed by atoms with Gasteiger partial charge in [-0.15, -0.1) is 0 Å². The Labute approximate surface area is 152 Å². The average molecular weight is 344 g/mol. The van der Waals surface area contributed by atoms with E-state index in [9.17, 15) is 15.3 Å². The molecule has 0 aliphatic carbocycles. The van der Waals surface area contributed by atoms with Crippen molar-refractivity contribution in [3.05, 3.63) is 52.1 Å². The average Bonchev–Trinajstić information content (AvgIpc) is 2.52. The first kappa shape index (κ1) is 20.9. The van der Waals surface area contributed by atoms with Crippen molar-refractivity contribution in [3.8, 4) is 17.2 Å². The number of phenolic OH excluding ortho intramolecular Hbond substituents is 3. The van der Waals surface area contributed by atoms with Crippen molar-refractivity contribution in [2.24, 2.45) is 0 Å². The minimum absolute atomic E-state index is 0.225. The lowest BCUT2D eigenvalue weighted by atomic mass is 10.0. The van der Waals surface area contributed by atoms with Crippen LogP contribution in [-0.2, 0) is 6.42 Å². The van der Waals surface area contributed by atoms with E-state index in [-0.39, 0.29) is 11.5 Å². The van der Waals surface area contributed by atoms with Gasteiger partial charge in [-0.2, -0.15) is 0 Å². The standard InChI is InChI=1S/C22H32O3/c1-15(2)8-6-9-16(3)10-7-11-17(4)12-13-19-18(5)14-20(23)22(25)21(19)24/h8,10,12,14,23-25H,6-7,9,11,13H2,1-5H3/b16-10+,17-12+. The van der Waals surface area contributed by atoms with E-state index in [2.05, 4.69) is 45.9 Å². The molecule has 0 fully saturated rings. The summed E-state index contributed by atoms with van der Waals surface area (Å²) in [4.78, 5) is 0. The Kier molecular flexibility index (Phi) is 8.33. The normalized spacial score (nSPS) is 12.4. The Bertz CT molecular complexity index is 675. The molecule has 25 heavy (non-hydrogen) atoms. The van der Waals surface area contributed by atoms with E-state index in [1.54, 1.807) is 0 Å². The van der Waals surface area contributed by atoms with Crippen molar-refractivity contribution < 1.29 is 15.3 Å². The Morgan fingerprint density at radius 1 is 0.840 bits per heavy atom. The van der Waals surface area contributed by atoms with Crippen molar-refractivity contribution >= 4 is 0 Å². The van der Waals surface area contributed by atoms with Gasteiger partial charge in [0.1, 0.15) is 0 Å². The van der Waals surface area contributed by atoms with Crippen LogP contribution in [0.25, 0.3) is 0 Å². The van der Waals surface area contributed by atoms with Crippen LogP contribution < -0.4 is 0 Å². The van der Waals surface area contributed by atoms with Gasteiger partial charge in [0.05, 0.1) is 0 Å². The van der Waals surface area contributed by atoms with E-state index in [0.29, 0.717) is 12.0 Å². The maximum Gasteiger partial charge on any atom is 0.200 e. The second kappa shape index (κ2) is 9.97. The number of hydrogen-bond donors (Lipinski definition) is 3. The van der Waals surface area contributed by atoms with Gasteiger partial charge in [-0.1, -0.05) is 34.9 Å². The van der Waals surface area contributed by atoms with Gasteiger partial charge < -0.3 is 15.3 Å². The fourth-order valence-electron chi connectivity index (χ4n) is 2.68. The number of phenols is 3. The lowest BCUT2D eigenvalue weighted by molar-refractivity contribution is 0.365. The van der Waals surface area contributed by atoms with E-state index >= 15 is 0 Å². The lowest BCUT2D eigenvalue weighted by Crippen LogP contribution is -1.90. The zero-order chi connectivity index (χ0) is 19.0. The summed E-state index contributed by atoms with van der Waals surface area (Å²) in [6.45, 7) is 10.3. The molecule has 0 atom stereocenters. The first-order valence-electron chi connectivity index (χ1n) is 8.90. The van der Waals surface area contributed by atoms with E-state index in [4.69, 9.17) is 0 Å². The Morgan fingerprint density at radius 2 is 1.40 bits per heavy atom. The van der Waals surface area contributed by atoms with Crippen molar-refractivity contribution in [2.45, 2.75) is 66.7 Å². The summed E-state index contributed by atoms with van der Waals surface area (Å²) in [6.07, 6.45) is 11.4. The van der Waals surface area contributed by atoms with E-state index in [1.807, 2.05) is 6.92 Å². The van der Waals surface area contributed by atoms with Crippen LogP contribution in [0.15, 0.2) is 41.0 Å². The molecule has 1 aromatic rings. The van der Waals surface area contributed by atoms with Gasteiger partial charge in [0.15, 0.2) is 11.5 Å².